The largest absolute Gasteiger partial charge is 0.393 e. The lowest BCUT2D eigenvalue weighted by molar-refractivity contribution is 0.126. The summed E-state index contributed by atoms with van der Waals surface area (Å²) in [5.41, 5.74) is 0. The molecule has 1 aliphatic heterocycles. The van der Waals surface area contributed by atoms with E-state index in [1.165, 1.54) is 25.9 Å². The van der Waals surface area contributed by atoms with Gasteiger partial charge in [0.25, 0.3) is 0 Å². The summed E-state index contributed by atoms with van der Waals surface area (Å²) in [7, 11) is 0. The molecule has 0 spiro atoms. The molecule has 2 nitrogen and oxygen atoms in total. The Kier molecular flexibility index (Phi) is 4.20. The monoisotopic (exact) mass is 185 g/mol. The molecule has 0 aromatic heterocycles. The highest BCUT2D eigenvalue weighted by molar-refractivity contribution is 4.79. The average molecular weight is 185 g/mol. The van der Waals surface area contributed by atoms with E-state index < -0.39 is 0 Å². The lowest BCUT2D eigenvalue weighted by Crippen LogP contribution is -2.28. The van der Waals surface area contributed by atoms with Gasteiger partial charge in [-0.25, -0.2) is 0 Å². The summed E-state index contributed by atoms with van der Waals surface area (Å²) in [4.78, 5) is 2.49. The van der Waals surface area contributed by atoms with Gasteiger partial charge in [-0.05, 0) is 31.7 Å². The van der Waals surface area contributed by atoms with Crippen LogP contribution < -0.4 is 0 Å². The van der Waals surface area contributed by atoms with Gasteiger partial charge in [0.1, 0.15) is 0 Å². The zero-order valence-electron chi connectivity index (χ0n) is 9.16. The number of nitrogens with zero attached hydrogens (tertiary/aromatic N) is 1. The van der Waals surface area contributed by atoms with Gasteiger partial charge in [0.15, 0.2) is 0 Å². The Morgan fingerprint density at radius 2 is 2.15 bits per heavy atom. The Bertz CT molecular complexity index is 147. The molecule has 1 N–H and O–H groups in total. The molecule has 0 aromatic rings. The number of aliphatic hydroxyl groups is 1. The summed E-state index contributed by atoms with van der Waals surface area (Å²) in [5.74, 6) is 1.32. The van der Waals surface area contributed by atoms with Crippen molar-refractivity contribution in [2.45, 2.75) is 39.7 Å². The zero-order chi connectivity index (χ0) is 9.84. The maximum atomic E-state index is 9.43. The second kappa shape index (κ2) is 4.97. The van der Waals surface area contributed by atoms with Gasteiger partial charge >= 0.3 is 0 Å². The van der Waals surface area contributed by atoms with Crippen LogP contribution in [-0.2, 0) is 0 Å². The van der Waals surface area contributed by atoms with Gasteiger partial charge in [-0.2, -0.15) is 0 Å². The van der Waals surface area contributed by atoms with E-state index in [-0.39, 0.29) is 6.10 Å². The minimum absolute atomic E-state index is 0.123. The molecule has 1 heterocycles. The quantitative estimate of drug-likeness (QED) is 0.721. The van der Waals surface area contributed by atoms with Crippen LogP contribution in [-0.4, -0.2) is 35.7 Å². The maximum absolute atomic E-state index is 9.43. The first-order valence-corrected chi connectivity index (χ1v) is 5.54. The van der Waals surface area contributed by atoms with Gasteiger partial charge < -0.3 is 10.0 Å². The molecule has 2 heteroatoms. The molecule has 1 saturated heterocycles. The predicted molar refractivity (Wildman–Crippen MR) is 55.7 cm³/mol. The molecule has 0 bridgehead atoms. The van der Waals surface area contributed by atoms with Crippen LogP contribution in [0.25, 0.3) is 0 Å². The molecule has 0 aromatic carbocycles. The molecule has 1 rings (SSSR count). The van der Waals surface area contributed by atoms with Gasteiger partial charge in [-0.15, -0.1) is 0 Å². The van der Waals surface area contributed by atoms with Crippen molar-refractivity contribution in [3.05, 3.63) is 0 Å². The van der Waals surface area contributed by atoms with Gasteiger partial charge in [0.2, 0.25) is 0 Å². The van der Waals surface area contributed by atoms with Crippen molar-refractivity contribution in [3.8, 4) is 0 Å². The van der Waals surface area contributed by atoms with Crippen molar-refractivity contribution < 1.29 is 5.11 Å². The van der Waals surface area contributed by atoms with Crippen LogP contribution in [0.4, 0.5) is 0 Å². The highest BCUT2D eigenvalue weighted by atomic mass is 16.3. The Morgan fingerprint density at radius 1 is 1.46 bits per heavy atom. The van der Waals surface area contributed by atoms with Gasteiger partial charge in [-0.3, -0.25) is 0 Å². The third-order valence-corrected chi connectivity index (χ3v) is 3.26. The first-order chi connectivity index (χ1) is 6.13. The lowest BCUT2D eigenvalue weighted by Gasteiger charge is -2.20. The van der Waals surface area contributed by atoms with Gasteiger partial charge in [0, 0.05) is 13.1 Å². The van der Waals surface area contributed by atoms with Gasteiger partial charge in [0.05, 0.1) is 6.10 Å². The summed E-state index contributed by atoms with van der Waals surface area (Å²) >= 11 is 0. The highest BCUT2D eigenvalue weighted by Crippen LogP contribution is 2.20. The maximum Gasteiger partial charge on any atom is 0.0552 e. The Hall–Kier alpha value is -0.0800. The van der Waals surface area contributed by atoms with Crippen LogP contribution in [0.2, 0.25) is 0 Å². The Morgan fingerprint density at radius 3 is 2.62 bits per heavy atom. The molecule has 0 saturated carbocycles. The molecule has 13 heavy (non-hydrogen) atoms. The van der Waals surface area contributed by atoms with E-state index in [9.17, 15) is 5.11 Å². The summed E-state index contributed by atoms with van der Waals surface area (Å²) in [5, 5.41) is 9.43. The third-order valence-electron chi connectivity index (χ3n) is 3.26. The summed E-state index contributed by atoms with van der Waals surface area (Å²) in [6, 6.07) is 0. The van der Waals surface area contributed by atoms with E-state index in [1.807, 2.05) is 6.92 Å². The number of aliphatic hydroxyl groups excluding tert-OH is 1. The fraction of sp³-hybridized carbons (Fsp3) is 1.00. The minimum Gasteiger partial charge on any atom is -0.393 e. The molecule has 3 unspecified atom stereocenters. The van der Waals surface area contributed by atoms with Crippen molar-refractivity contribution in [2.75, 3.05) is 19.6 Å². The van der Waals surface area contributed by atoms with E-state index in [2.05, 4.69) is 18.7 Å². The Balaban J connectivity index is 2.25. The van der Waals surface area contributed by atoms with Crippen molar-refractivity contribution in [1.82, 2.24) is 4.90 Å². The SMILES string of the molecule is CCC(C)CN1CCC(C(C)O)C1. The second-order valence-electron chi connectivity index (χ2n) is 4.56. The van der Waals surface area contributed by atoms with Crippen molar-refractivity contribution in [2.24, 2.45) is 11.8 Å². The van der Waals surface area contributed by atoms with E-state index >= 15 is 0 Å². The Labute approximate surface area is 81.9 Å². The second-order valence-corrected chi connectivity index (χ2v) is 4.56. The van der Waals surface area contributed by atoms with E-state index in [4.69, 9.17) is 0 Å². The first-order valence-electron chi connectivity index (χ1n) is 5.54. The minimum atomic E-state index is -0.123. The summed E-state index contributed by atoms with van der Waals surface area (Å²) < 4.78 is 0. The summed E-state index contributed by atoms with van der Waals surface area (Å²) in [6.07, 6.45) is 2.31. The van der Waals surface area contributed by atoms with Crippen LogP contribution in [0, 0.1) is 11.8 Å². The fourth-order valence-corrected chi connectivity index (χ4v) is 1.99. The molecule has 0 aliphatic carbocycles. The van der Waals surface area contributed by atoms with E-state index in [0.29, 0.717) is 5.92 Å². The zero-order valence-corrected chi connectivity index (χ0v) is 9.16. The number of rotatable bonds is 4. The highest BCUT2D eigenvalue weighted by Gasteiger charge is 2.26. The third kappa shape index (κ3) is 3.28. The first kappa shape index (κ1) is 11.0. The normalized spacial score (nSPS) is 29.1. The van der Waals surface area contributed by atoms with Crippen molar-refractivity contribution >= 4 is 0 Å². The van der Waals surface area contributed by atoms with E-state index in [0.717, 1.165) is 12.5 Å². The standard InChI is InChI=1S/C11H23NO/c1-4-9(2)7-12-6-5-11(8-12)10(3)13/h9-11,13H,4-8H2,1-3H3. The molecule has 1 fully saturated rings. The molecule has 1 aliphatic rings. The fourth-order valence-electron chi connectivity index (χ4n) is 1.99. The number of hydrogen-bond acceptors (Lipinski definition) is 2. The number of hydrogen-bond donors (Lipinski definition) is 1. The van der Waals surface area contributed by atoms with Crippen LogP contribution in [0.15, 0.2) is 0 Å². The molecule has 3 atom stereocenters. The van der Waals surface area contributed by atoms with Crippen molar-refractivity contribution in [3.63, 3.8) is 0 Å². The topological polar surface area (TPSA) is 23.5 Å². The van der Waals surface area contributed by atoms with Crippen molar-refractivity contribution in [1.29, 1.82) is 0 Å². The molecular weight excluding hydrogens is 162 g/mol. The van der Waals surface area contributed by atoms with Crippen LogP contribution in [0.5, 0.6) is 0 Å². The van der Waals surface area contributed by atoms with Crippen LogP contribution in [0.1, 0.15) is 33.6 Å². The molecule has 0 radical (unpaired) electrons. The van der Waals surface area contributed by atoms with E-state index in [1.54, 1.807) is 0 Å². The predicted octanol–water partition coefficient (Wildman–Crippen LogP) is 1.74. The molecular formula is C11H23NO. The lowest BCUT2D eigenvalue weighted by atomic mass is 10.0. The smallest absolute Gasteiger partial charge is 0.0552 e. The summed E-state index contributed by atoms with van der Waals surface area (Å²) in [6.45, 7) is 9.95. The molecule has 78 valence electrons. The van der Waals surface area contributed by atoms with Gasteiger partial charge in [-0.1, -0.05) is 20.3 Å². The number of likely N-dealkylation sites (tertiary alicyclic amines) is 1. The molecule has 0 amide bonds. The van der Waals surface area contributed by atoms with Crippen LogP contribution in [0.3, 0.4) is 0 Å². The average Bonchev–Trinajstić information content (AvgIpc) is 2.52. The van der Waals surface area contributed by atoms with Crippen LogP contribution >= 0.6 is 0 Å².